The monoisotopic (exact) mass is 360 g/mol. The Kier molecular flexibility index (Phi) is 4.37. The highest BCUT2D eigenvalue weighted by atomic mass is 127. The number of benzene rings is 1. The second kappa shape index (κ2) is 6.01. The van der Waals surface area contributed by atoms with Gasteiger partial charge >= 0.3 is 0 Å². The molecule has 0 saturated carbocycles. The molecular formula is C10H9IN4OS. The number of thioether (sulfide) groups is 1. The topological polar surface area (TPSA) is 70.7 Å². The van der Waals surface area contributed by atoms with Crippen molar-refractivity contribution < 1.29 is 4.79 Å². The number of hydrogen-bond acceptors (Lipinski definition) is 4. The van der Waals surface area contributed by atoms with Crippen LogP contribution in [0, 0.1) is 3.57 Å². The average molecular weight is 360 g/mol. The van der Waals surface area contributed by atoms with Crippen LogP contribution in [0.15, 0.2) is 35.5 Å². The van der Waals surface area contributed by atoms with Crippen LogP contribution in [-0.4, -0.2) is 27.1 Å². The smallest absolute Gasteiger partial charge is 0.234 e. The Morgan fingerprint density at radius 3 is 2.82 bits per heavy atom. The van der Waals surface area contributed by atoms with Crippen molar-refractivity contribution in [1.29, 1.82) is 0 Å². The van der Waals surface area contributed by atoms with Gasteiger partial charge in [-0.2, -0.15) is 10.3 Å². The molecule has 88 valence electrons. The zero-order chi connectivity index (χ0) is 12.1. The Labute approximate surface area is 116 Å². The van der Waals surface area contributed by atoms with Gasteiger partial charge in [-0.05, 0) is 46.9 Å². The Hall–Kier alpha value is -1.09. The van der Waals surface area contributed by atoms with Crippen LogP contribution >= 0.6 is 34.4 Å². The van der Waals surface area contributed by atoms with Crippen molar-refractivity contribution in [1.82, 2.24) is 15.4 Å². The molecule has 0 unspecified atom stereocenters. The Morgan fingerprint density at radius 1 is 1.41 bits per heavy atom. The number of anilines is 1. The Bertz CT molecular complexity index is 486. The normalized spacial score (nSPS) is 10.2. The number of hydrogen-bond donors (Lipinski definition) is 2. The number of H-pyrrole nitrogens is 1. The molecule has 0 radical (unpaired) electrons. The summed E-state index contributed by atoms with van der Waals surface area (Å²) in [6.45, 7) is 0. The number of rotatable bonds is 4. The fourth-order valence-electron chi connectivity index (χ4n) is 1.13. The molecule has 0 saturated heterocycles. The lowest BCUT2D eigenvalue weighted by atomic mass is 10.3. The van der Waals surface area contributed by atoms with E-state index in [-0.39, 0.29) is 5.91 Å². The molecule has 0 atom stereocenters. The lowest BCUT2D eigenvalue weighted by Gasteiger charge is -2.03. The summed E-state index contributed by atoms with van der Waals surface area (Å²) < 4.78 is 1.14. The molecule has 0 aliphatic heterocycles. The van der Waals surface area contributed by atoms with E-state index in [1.807, 2.05) is 24.3 Å². The van der Waals surface area contributed by atoms with E-state index in [1.165, 1.54) is 11.8 Å². The number of halogens is 1. The van der Waals surface area contributed by atoms with Crippen LogP contribution < -0.4 is 5.32 Å². The molecule has 0 spiro atoms. The van der Waals surface area contributed by atoms with Crippen molar-refractivity contribution >= 4 is 45.9 Å². The standard InChI is InChI=1S/C10H9IN4OS/c11-7-1-3-8(4-2-7)13-9(16)6-17-10-5-12-15-14-10/h1-5H,6H2,(H,13,16)(H,12,14,15). The number of nitrogens with zero attached hydrogens (tertiary/aromatic N) is 2. The van der Waals surface area contributed by atoms with E-state index in [9.17, 15) is 4.79 Å². The lowest BCUT2D eigenvalue weighted by molar-refractivity contribution is -0.113. The highest BCUT2D eigenvalue weighted by Gasteiger charge is 2.04. The Morgan fingerprint density at radius 2 is 2.18 bits per heavy atom. The van der Waals surface area contributed by atoms with Crippen molar-refractivity contribution in [2.24, 2.45) is 0 Å². The van der Waals surface area contributed by atoms with Gasteiger partial charge in [-0.3, -0.25) is 4.79 Å². The van der Waals surface area contributed by atoms with Crippen molar-refractivity contribution in [3.05, 3.63) is 34.0 Å². The third-order valence-electron chi connectivity index (χ3n) is 1.87. The predicted molar refractivity (Wildman–Crippen MR) is 74.9 cm³/mol. The first-order chi connectivity index (χ1) is 8.24. The number of carbonyl (C=O) groups is 1. The SMILES string of the molecule is O=C(CSc1cn[nH]n1)Nc1ccc(I)cc1. The largest absolute Gasteiger partial charge is 0.325 e. The maximum Gasteiger partial charge on any atom is 0.234 e. The van der Waals surface area contributed by atoms with E-state index in [0.29, 0.717) is 10.8 Å². The number of carbonyl (C=O) groups excluding carboxylic acids is 1. The van der Waals surface area contributed by atoms with Gasteiger partial charge in [0.05, 0.1) is 11.9 Å². The summed E-state index contributed by atoms with van der Waals surface area (Å²) in [5.41, 5.74) is 0.802. The van der Waals surface area contributed by atoms with Gasteiger partial charge in [-0.1, -0.05) is 11.8 Å². The molecule has 1 heterocycles. The van der Waals surface area contributed by atoms with E-state index >= 15 is 0 Å². The summed E-state index contributed by atoms with van der Waals surface area (Å²) in [5, 5.41) is 13.5. The molecule has 2 N–H and O–H groups in total. The molecule has 0 aliphatic carbocycles. The average Bonchev–Trinajstić information content (AvgIpc) is 2.83. The molecule has 5 nitrogen and oxygen atoms in total. The van der Waals surface area contributed by atoms with Crippen LogP contribution in [-0.2, 0) is 4.79 Å². The summed E-state index contributed by atoms with van der Waals surface area (Å²) in [6.07, 6.45) is 1.59. The molecule has 2 rings (SSSR count). The van der Waals surface area contributed by atoms with Crippen molar-refractivity contribution in [3.8, 4) is 0 Å². The highest BCUT2D eigenvalue weighted by molar-refractivity contribution is 14.1. The molecular weight excluding hydrogens is 351 g/mol. The second-order valence-electron chi connectivity index (χ2n) is 3.15. The molecule has 1 aromatic heterocycles. The first-order valence-corrected chi connectivity index (χ1v) is 6.84. The quantitative estimate of drug-likeness (QED) is 0.648. The summed E-state index contributed by atoms with van der Waals surface area (Å²) >= 11 is 3.56. The number of amides is 1. The molecule has 1 amide bonds. The number of aromatic nitrogens is 3. The summed E-state index contributed by atoms with van der Waals surface area (Å²) in [6, 6.07) is 7.64. The summed E-state index contributed by atoms with van der Waals surface area (Å²) in [4.78, 5) is 11.6. The molecule has 1 aromatic carbocycles. The van der Waals surface area contributed by atoms with Gasteiger partial charge in [0.2, 0.25) is 5.91 Å². The lowest BCUT2D eigenvalue weighted by Crippen LogP contribution is -2.13. The number of aromatic amines is 1. The van der Waals surface area contributed by atoms with Gasteiger partial charge in [0.15, 0.2) is 0 Å². The van der Waals surface area contributed by atoms with Crippen LogP contribution in [0.2, 0.25) is 0 Å². The zero-order valence-electron chi connectivity index (χ0n) is 8.68. The van der Waals surface area contributed by atoms with Crippen molar-refractivity contribution in [3.63, 3.8) is 0 Å². The molecule has 17 heavy (non-hydrogen) atoms. The summed E-state index contributed by atoms with van der Waals surface area (Å²) in [7, 11) is 0. The van der Waals surface area contributed by atoms with Crippen LogP contribution in [0.4, 0.5) is 5.69 Å². The minimum atomic E-state index is -0.0563. The molecule has 0 fully saturated rings. The molecule has 0 bridgehead atoms. The third kappa shape index (κ3) is 4.00. The highest BCUT2D eigenvalue weighted by Crippen LogP contribution is 2.14. The minimum Gasteiger partial charge on any atom is -0.325 e. The van der Waals surface area contributed by atoms with Gasteiger partial charge in [-0.25, -0.2) is 0 Å². The third-order valence-corrected chi connectivity index (χ3v) is 3.49. The van der Waals surface area contributed by atoms with Crippen molar-refractivity contribution in [2.75, 3.05) is 11.1 Å². The van der Waals surface area contributed by atoms with Gasteiger partial charge in [0, 0.05) is 9.26 Å². The van der Waals surface area contributed by atoms with Crippen LogP contribution in [0.3, 0.4) is 0 Å². The van der Waals surface area contributed by atoms with E-state index in [0.717, 1.165) is 9.26 Å². The minimum absolute atomic E-state index is 0.0563. The van der Waals surface area contributed by atoms with Gasteiger partial charge in [0.1, 0.15) is 5.03 Å². The first-order valence-electron chi connectivity index (χ1n) is 4.78. The molecule has 2 aromatic rings. The zero-order valence-corrected chi connectivity index (χ0v) is 11.7. The van der Waals surface area contributed by atoms with E-state index in [1.54, 1.807) is 6.20 Å². The maximum absolute atomic E-state index is 11.6. The maximum atomic E-state index is 11.6. The first kappa shape index (κ1) is 12.4. The molecule has 0 aliphatic rings. The van der Waals surface area contributed by atoms with Gasteiger partial charge in [0.25, 0.3) is 0 Å². The van der Waals surface area contributed by atoms with E-state index in [2.05, 4.69) is 43.3 Å². The Balaban J connectivity index is 1.83. The van der Waals surface area contributed by atoms with Crippen LogP contribution in [0.25, 0.3) is 0 Å². The van der Waals surface area contributed by atoms with E-state index in [4.69, 9.17) is 0 Å². The molecule has 7 heteroatoms. The fraction of sp³-hybridized carbons (Fsp3) is 0.100. The van der Waals surface area contributed by atoms with E-state index < -0.39 is 0 Å². The van der Waals surface area contributed by atoms with Crippen LogP contribution in [0.5, 0.6) is 0 Å². The van der Waals surface area contributed by atoms with Crippen LogP contribution in [0.1, 0.15) is 0 Å². The van der Waals surface area contributed by atoms with Gasteiger partial charge in [-0.15, -0.1) is 5.10 Å². The second-order valence-corrected chi connectivity index (χ2v) is 5.39. The number of nitrogens with one attached hydrogen (secondary N) is 2. The summed E-state index contributed by atoms with van der Waals surface area (Å²) in [5.74, 6) is 0.262. The van der Waals surface area contributed by atoms with Crippen molar-refractivity contribution in [2.45, 2.75) is 5.03 Å². The predicted octanol–water partition coefficient (Wildman–Crippen LogP) is 2.14. The van der Waals surface area contributed by atoms with Gasteiger partial charge < -0.3 is 5.32 Å². The fourth-order valence-corrected chi connectivity index (χ4v) is 2.07.